The normalized spacial score (nSPS) is 11.3. The van der Waals surface area contributed by atoms with Gasteiger partial charge in [-0.25, -0.2) is 4.79 Å². The molecule has 0 aliphatic heterocycles. The zero-order chi connectivity index (χ0) is 18.0. The summed E-state index contributed by atoms with van der Waals surface area (Å²) in [4.78, 5) is 26.9. The first-order valence-electron chi connectivity index (χ1n) is 7.58. The van der Waals surface area contributed by atoms with E-state index in [1.54, 1.807) is 19.1 Å². The van der Waals surface area contributed by atoms with Crippen LogP contribution in [0.15, 0.2) is 54.1 Å². The number of rotatable bonds is 4. The van der Waals surface area contributed by atoms with E-state index in [1.165, 1.54) is 18.2 Å². The lowest BCUT2D eigenvalue weighted by Gasteiger charge is -2.01. The van der Waals surface area contributed by atoms with Crippen molar-refractivity contribution in [2.75, 3.05) is 0 Å². The highest BCUT2D eigenvalue weighted by molar-refractivity contribution is 6.20. The molecule has 0 bridgehead atoms. The standard InChI is InChI=1S/C20H14N2O3/c1-12-18(16-4-2-3-5-17(16)22-12)19(23)15(11-21)10-13-6-8-14(9-7-13)20(24)25/h2-10,22H,1H3,(H,24,25). The van der Waals surface area contributed by atoms with Gasteiger partial charge in [0.05, 0.1) is 11.1 Å². The fourth-order valence-corrected chi connectivity index (χ4v) is 2.74. The highest BCUT2D eigenvalue weighted by Crippen LogP contribution is 2.25. The van der Waals surface area contributed by atoms with Crippen LogP contribution in [0.3, 0.4) is 0 Å². The summed E-state index contributed by atoms with van der Waals surface area (Å²) >= 11 is 0. The molecular formula is C20H14N2O3. The van der Waals surface area contributed by atoms with Crippen LogP contribution in [0.2, 0.25) is 0 Å². The van der Waals surface area contributed by atoms with Crippen LogP contribution >= 0.6 is 0 Å². The first-order chi connectivity index (χ1) is 12.0. The second-order valence-electron chi connectivity index (χ2n) is 5.60. The zero-order valence-corrected chi connectivity index (χ0v) is 13.4. The molecule has 25 heavy (non-hydrogen) atoms. The lowest BCUT2D eigenvalue weighted by molar-refractivity contribution is 0.0696. The topological polar surface area (TPSA) is 94.0 Å². The Morgan fingerprint density at radius 1 is 1.12 bits per heavy atom. The number of aromatic carboxylic acids is 1. The van der Waals surface area contributed by atoms with Crippen molar-refractivity contribution in [1.29, 1.82) is 5.26 Å². The van der Waals surface area contributed by atoms with E-state index in [4.69, 9.17) is 5.11 Å². The molecule has 0 saturated heterocycles. The number of aryl methyl sites for hydroxylation is 1. The van der Waals surface area contributed by atoms with Gasteiger partial charge in [0.15, 0.2) is 0 Å². The molecule has 0 amide bonds. The number of Topliss-reactive ketones (excluding diaryl/α,β-unsaturated/α-hetero) is 1. The number of H-pyrrole nitrogens is 1. The average molecular weight is 330 g/mol. The predicted octanol–water partition coefficient (Wildman–Crippen LogP) is 3.96. The lowest BCUT2D eigenvalue weighted by atomic mass is 9.99. The van der Waals surface area contributed by atoms with Gasteiger partial charge in [-0.2, -0.15) is 5.26 Å². The van der Waals surface area contributed by atoms with E-state index in [1.807, 2.05) is 30.3 Å². The molecule has 0 spiro atoms. The SMILES string of the molecule is Cc1[nH]c2ccccc2c1C(=O)C(C#N)=Cc1ccc(C(=O)O)cc1. The average Bonchev–Trinajstić information content (AvgIpc) is 2.95. The largest absolute Gasteiger partial charge is 0.478 e. The van der Waals surface area contributed by atoms with Crippen molar-refractivity contribution >= 4 is 28.7 Å². The number of ketones is 1. The number of aromatic amines is 1. The van der Waals surface area contributed by atoms with E-state index in [9.17, 15) is 14.9 Å². The van der Waals surface area contributed by atoms with Crippen molar-refractivity contribution in [2.24, 2.45) is 0 Å². The number of carboxylic acids is 1. The van der Waals surface area contributed by atoms with Crippen LogP contribution in [0.4, 0.5) is 0 Å². The van der Waals surface area contributed by atoms with E-state index < -0.39 is 5.97 Å². The second-order valence-corrected chi connectivity index (χ2v) is 5.60. The van der Waals surface area contributed by atoms with Crippen LogP contribution in [0.1, 0.15) is 32.0 Å². The quantitative estimate of drug-likeness (QED) is 0.430. The molecule has 0 aliphatic carbocycles. The van der Waals surface area contributed by atoms with Gasteiger partial charge >= 0.3 is 5.97 Å². The summed E-state index contributed by atoms with van der Waals surface area (Å²) in [6, 6.07) is 15.4. The van der Waals surface area contributed by atoms with Gasteiger partial charge in [0.25, 0.3) is 0 Å². The van der Waals surface area contributed by atoms with E-state index in [0.717, 1.165) is 10.9 Å². The third kappa shape index (κ3) is 3.06. The minimum Gasteiger partial charge on any atom is -0.478 e. The zero-order valence-electron chi connectivity index (χ0n) is 13.4. The van der Waals surface area contributed by atoms with Gasteiger partial charge in [-0.05, 0) is 36.8 Å². The summed E-state index contributed by atoms with van der Waals surface area (Å²) in [6.07, 6.45) is 1.47. The summed E-state index contributed by atoms with van der Waals surface area (Å²) in [6.45, 7) is 1.80. The van der Waals surface area contributed by atoms with Crippen molar-refractivity contribution < 1.29 is 14.7 Å². The van der Waals surface area contributed by atoms with Crippen LogP contribution in [0, 0.1) is 18.3 Å². The van der Waals surface area contributed by atoms with Crippen molar-refractivity contribution in [3.63, 3.8) is 0 Å². The summed E-state index contributed by atoms with van der Waals surface area (Å²) < 4.78 is 0. The molecule has 0 atom stereocenters. The molecule has 5 nitrogen and oxygen atoms in total. The molecule has 0 aliphatic rings. The number of nitrogens with zero attached hydrogens (tertiary/aromatic N) is 1. The number of carbonyl (C=O) groups excluding carboxylic acids is 1. The van der Waals surface area contributed by atoms with E-state index in [2.05, 4.69) is 4.98 Å². The summed E-state index contributed by atoms with van der Waals surface area (Å²) in [7, 11) is 0. The van der Waals surface area contributed by atoms with Crippen molar-refractivity contribution in [3.05, 3.63) is 76.5 Å². The molecule has 1 aromatic heterocycles. The number of nitriles is 1. The van der Waals surface area contributed by atoms with E-state index in [0.29, 0.717) is 16.8 Å². The van der Waals surface area contributed by atoms with Crippen LogP contribution in [0.5, 0.6) is 0 Å². The maximum Gasteiger partial charge on any atom is 0.335 e. The minimum atomic E-state index is -1.03. The van der Waals surface area contributed by atoms with Gasteiger partial charge in [-0.3, -0.25) is 4.79 Å². The Morgan fingerprint density at radius 2 is 1.80 bits per heavy atom. The van der Waals surface area contributed by atoms with Gasteiger partial charge < -0.3 is 10.1 Å². The first-order valence-corrected chi connectivity index (χ1v) is 7.58. The number of nitrogens with one attached hydrogen (secondary N) is 1. The predicted molar refractivity (Wildman–Crippen MR) is 94.4 cm³/mol. The fraction of sp³-hybridized carbons (Fsp3) is 0.0500. The molecule has 0 saturated carbocycles. The molecule has 2 N–H and O–H groups in total. The molecule has 3 aromatic rings. The maximum atomic E-state index is 12.8. The third-order valence-electron chi connectivity index (χ3n) is 3.95. The number of carbonyl (C=O) groups is 2. The van der Waals surface area contributed by atoms with Crippen LogP contribution in [0.25, 0.3) is 17.0 Å². The van der Waals surface area contributed by atoms with E-state index >= 15 is 0 Å². The minimum absolute atomic E-state index is 0.00377. The molecule has 1 heterocycles. The molecule has 0 radical (unpaired) electrons. The highest BCUT2D eigenvalue weighted by Gasteiger charge is 2.19. The molecule has 3 rings (SSSR count). The Bertz CT molecular complexity index is 1050. The van der Waals surface area contributed by atoms with Gasteiger partial charge in [0.2, 0.25) is 5.78 Å². The lowest BCUT2D eigenvalue weighted by Crippen LogP contribution is -2.03. The summed E-state index contributed by atoms with van der Waals surface area (Å²) in [5.74, 6) is -1.39. The van der Waals surface area contributed by atoms with Crippen molar-refractivity contribution in [2.45, 2.75) is 6.92 Å². The van der Waals surface area contributed by atoms with Gasteiger partial charge in [0, 0.05) is 16.6 Å². The third-order valence-corrected chi connectivity index (χ3v) is 3.95. The Labute approximate surface area is 143 Å². The summed E-state index contributed by atoms with van der Waals surface area (Å²) in [5.41, 5.74) is 2.75. The molecular weight excluding hydrogens is 316 g/mol. The van der Waals surface area contributed by atoms with Gasteiger partial charge in [0.1, 0.15) is 11.6 Å². The van der Waals surface area contributed by atoms with Crippen molar-refractivity contribution in [1.82, 2.24) is 4.98 Å². The van der Waals surface area contributed by atoms with Crippen LogP contribution < -0.4 is 0 Å². The molecule has 0 fully saturated rings. The van der Waals surface area contributed by atoms with E-state index in [-0.39, 0.29) is 16.9 Å². The number of fused-ring (bicyclic) bond motifs is 1. The first kappa shape index (κ1) is 16.2. The Hall–Kier alpha value is -3.65. The summed E-state index contributed by atoms with van der Waals surface area (Å²) in [5, 5.41) is 19.1. The molecule has 0 unspecified atom stereocenters. The molecule has 2 aromatic carbocycles. The van der Waals surface area contributed by atoms with Gasteiger partial charge in [-0.1, -0.05) is 30.3 Å². The fourth-order valence-electron chi connectivity index (χ4n) is 2.74. The Balaban J connectivity index is 2.02. The number of benzene rings is 2. The van der Waals surface area contributed by atoms with Crippen molar-refractivity contribution in [3.8, 4) is 6.07 Å². The highest BCUT2D eigenvalue weighted by atomic mass is 16.4. The molecule has 5 heteroatoms. The number of hydrogen-bond acceptors (Lipinski definition) is 3. The van der Waals surface area contributed by atoms with Crippen LogP contribution in [-0.2, 0) is 0 Å². The number of allylic oxidation sites excluding steroid dienone is 1. The number of carboxylic acid groups (broad SMARTS) is 1. The number of aromatic nitrogens is 1. The number of para-hydroxylation sites is 1. The maximum absolute atomic E-state index is 12.8. The Morgan fingerprint density at radius 3 is 2.44 bits per heavy atom. The van der Waals surface area contributed by atoms with Crippen LogP contribution in [-0.4, -0.2) is 21.8 Å². The second kappa shape index (κ2) is 6.46. The number of hydrogen-bond donors (Lipinski definition) is 2. The molecule has 122 valence electrons. The monoisotopic (exact) mass is 330 g/mol. The Kier molecular flexibility index (Phi) is 4.19. The smallest absolute Gasteiger partial charge is 0.335 e. The van der Waals surface area contributed by atoms with Gasteiger partial charge in [-0.15, -0.1) is 0 Å².